The average Bonchev–Trinajstić information content (AvgIpc) is 2.57. The minimum Gasteiger partial charge on any atom is -0.489 e. The molecular weight excluding hydrogens is 496 g/mol. The lowest BCUT2D eigenvalue weighted by molar-refractivity contribution is 0.271. The monoisotopic (exact) mass is 517 g/mol. The van der Waals surface area contributed by atoms with Gasteiger partial charge in [0.2, 0.25) is 0 Å². The van der Waals surface area contributed by atoms with Crippen LogP contribution < -0.4 is 16.0 Å². The molecule has 2 heterocycles. The highest BCUT2D eigenvalue weighted by Crippen LogP contribution is 2.37. The first-order valence-electron chi connectivity index (χ1n) is 8.97. The number of aryl methyl sites for hydroxylation is 2. The summed E-state index contributed by atoms with van der Waals surface area (Å²) < 4.78 is 22.6. The van der Waals surface area contributed by atoms with E-state index in [1.54, 1.807) is 13.0 Å². The maximum absolute atomic E-state index is 14.7. The predicted octanol–water partition coefficient (Wildman–Crippen LogP) is 4.54. The second-order valence-corrected chi connectivity index (χ2v) is 8.87. The summed E-state index contributed by atoms with van der Waals surface area (Å²) in [5, 5.41) is 1.67. The van der Waals surface area contributed by atoms with Crippen LogP contribution >= 0.6 is 34.2 Å². The maximum Gasteiger partial charge on any atom is 0.260 e. The van der Waals surface area contributed by atoms with Gasteiger partial charge in [-0.05, 0) is 54.0 Å². The zero-order valence-corrected chi connectivity index (χ0v) is 19.1. The molecule has 0 saturated carbocycles. The molecular formula is C20H22ClFIN3O2. The summed E-state index contributed by atoms with van der Waals surface area (Å²) in [5.41, 5.74) is 6.57. The molecule has 1 atom stereocenters. The second kappa shape index (κ2) is 8.12. The fourth-order valence-corrected chi connectivity index (χ4v) is 4.52. The van der Waals surface area contributed by atoms with Gasteiger partial charge in [-0.25, -0.2) is 9.37 Å². The van der Waals surface area contributed by atoms with Crippen LogP contribution in [0.2, 0.25) is 5.02 Å². The van der Waals surface area contributed by atoms with Crippen LogP contribution in [0.15, 0.2) is 16.9 Å². The normalized spacial score (nSPS) is 12.9. The van der Waals surface area contributed by atoms with Crippen LogP contribution in [0, 0.1) is 22.4 Å². The van der Waals surface area contributed by atoms with Crippen molar-refractivity contribution in [3.8, 4) is 5.75 Å². The Balaban J connectivity index is 2.34. The van der Waals surface area contributed by atoms with Crippen molar-refractivity contribution in [3.63, 3.8) is 0 Å². The number of nitrogens with zero attached hydrogens (tertiary/aromatic N) is 2. The molecule has 150 valence electrons. The Kier molecular flexibility index (Phi) is 6.17. The number of nitrogens with two attached hydrogens (primary N) is 1. The minimum atomic E-state index is -0.559. The molecule has 5 nitrogen and oxygen atoms in total. The number of benzene rings is 1. The number of hydrogen-bond donors (Lipinski definition) is 1. The molecule has 1 aromatic carbocycles. The van der Waals surface area contributed by atoms with Crippen LogP contribution in [-0.2, 0) is 7.05 Å². The van der Waals surface area contributed by atoms with Gasteiger partial charge in [0.25, 0.3) is 5.56 Å². The van der Waals surface area contributed by atoms with Crippen LogP contribution in [0.3, 0.4) is 0 Å². The van der Waals surface area contributed by atoms with Crippen molar-refractivity contribution in [2.75, 3.05) is 6.61 Å². The first-order chi connectivity index (χ1) is 13.1. The summed E-state index contributed by atoms with van der Waals surface area (Å²) in [5.74, 6) is 0.312. The average molecular weight is 518 g/mol. The van der Waals surface area contributed by atoms with E-state index in [1.165, 1.54) is 17.7 Å². The molecule has 0 aliphatic heterocycles. The number of rotatable bonds is 5. The van der Waals surface area contributed by atoms with Crippen LogP contribution in [0.5, 0.6) is 5.75 Å². The van der Waals surface area contributed by atoms with E-state index >= 15 is 0 Å². The zero-order chi connectivity index (χ0) is 20.7. The summed E-state index contributed by atoms with van der Waals surface area (Å²) in [7, 11) is 1.54. The Hall–Kier alpha value is -1.45. The van der Waals surface area contributed by atoms with Crippen molar-refractivity contribution in [2.45, 2.75) is 33.2 Å². The van der Waals surface area contributed by atoms with E-state index in [4.69, 9.17) is 22.1 Å². The molecule has 1 unspecified atom stereocenters. The summed E-state index contributed by atoms with van der Waals surface area (Å²) in [6, 6.07) is 2.69. The third kappa shape index (κ3) is 3.84. The van der Waals surface area contributed by atoms with E-state index in [1.807, 2.05) is 0 Å². The third-order valence-electron chi connectivity index (χ3n) is 4.66. The van der Waals surface area contributed by atoms with Crippen LogP contribution in [0.4, 0.5) is 4.39 Å². The van der Waals surface area contributed by atoms with Crippen LogP contribution in [0.25, 0.3) is 21.7 Å². The van der Waals surface area contributed by atoms with Crippen LogP contribution in [-0.4, -0.2) is 22.2 Å². The number of aromatic nitrogens is 2. The van der Waals surface area contributed by atoms with Crippen molar-refractivity contribution in [3.05, 3.63) is 42.7 Å². The van der Waals surface area contributed by atoms with Gasteiger partial charge in [0.05, 0.1) is 16.6 Å². The van der Waals surface area contributed by atoms with Gasteiger partial charge in [-0.15, -0.1) is 0 Å². The number of halogens is 3. The Bertz CT molecular complexity index is 1130. The SMILES string of the molecule is Cc1nc(I)c(OCC(N)CC(C)C)c2c1c(=O)n(C)c1c(F)cc(Cl)cc21. The molecule has 0 radical (unpaired) electrons. The number of pyridine rings is 2. The highest BCUT2D eigenvalue weighted by Gasteiger charge is 2.22. The quantitative estimate of drug-likeness (QED) is 0.306. The first-order valence-corrected chi connectivity index (χ1v) is 10.4. The molecule has 0 aliphatic carbocycles. The molecule has 2 N–H and O–H groups in total. The molecule has 3 rings (SSSR count). The molecule has 28 heavy (non-hydrogen) atoms. The summed E-state index contributed by atoms with van der Waals surface area (Å²) >= 11 is 8.19. The molecule has 0 bridgehead atoms. The Morgan fingerprint density at radius 2 is 2.04 bits per heavy atom. The molecule has 0 spiro atoms. The van der Waals surface area contributed by atoms with Gasteiger partial charge >= 0.3 is 0 Å². The van der Waals surface area contributed by atoms with E-state index in [0.29, 0.717) is 37.2 Å². The van der Waals surface area contributed by atoms with Gasteiger partial charge in [-0.1, -0.05) is 25.4 Å². The summed E-state index contributed by atoms with van der Waals surface area (Å²) in [6.07, 6.45) is 0.802. The molecule has 8 heteroatoms. The number of fused-ring (bicyclic) bond motifs is 3. The fourth-order valence-electron chi connectivity index (χ4n) is 3.53. The van der Waals surface area contributed by atoms with Gasteiger partial charge in [0, 0.05) is 28.9 Å². The van der Waals surface area contributed by atoms with Gasteiger partial charge in [0.1, 0.15) is 16.1 Å². The van der Waals surface area contributed by atoms with E-state index in [0.717, 1.165) is 6.42 Å². The van der Waals surface area contributed by atoms with Crippen molar-refractivity contribution in [1.29, 1.82) is 0 Å². The van der Waals surface area contributed by atoms with Gasteiger partial charge in [-0.2, -0.15) is 0 Å². The van der Waals surface area contributed by atoms with Gasteiger partial charge in [-0.3, -0.25) is 4.79 Å². The molecule has 0 saturated heterocycles. The molecule has 0 amide bonds. The lowest BCUT2D eigenvalue weighted by Gasteiger charge is -2.19. The van der Waals surface area contributed by atoms with Gasteiger partial charge in [0.15, 0.2) is 5.75 Å². The predicted molar refractivity (Wildman–Crippen MR) is 120 cm³/mol. The van der Waals surface area contributed by atoms with Crippen molar-refractivity contribution >= 4 is 55.9 Å². The summed E-state index contributed by atoms with van der Waals surface area (Å²) in [6.45, 7) is 6.21. The molecule has 3 aromatic rings. The van der Waals surface area contributed by atoms with E-state index < -0.39 is 5.82 Å². The second-order valence-electron chi connectivity index (χ2n) is 7.42. The number of ether oxygens (including phenoxy) is 1. The Labute approximate surface area is 181 Å². The molecule has 0 aliphatic rings. The van der Waals surface area contributed by atoms with Crippen molar-refractivity contribution in [1.82, 2.24) is 9.55 Å². The Morgan fingerprint density at radius 3 is 2.68 bits per heavy atom. The molecule has 2 aromatic heterocycles. The third-order valence-corrected chi connectivity index (χ3v) is 5.61. The minimum absolute atomic E-state index is 0.162. The highest BCUT2D eigenvalue weighted by atomic mass is 127. The first kappa shape index (κ1) is 21.3. The van der Waals surface area contributed by atoms with Crippen LogP contribution in [0.1, 0.15) is 26.0 Å². The standard InChI is InChI=1S/C20H22ClFIN3O2/c1-9(2)5-12(24)8-28-18-16-13-6-11(21)7-14(22)17(13)26(4)20(27)15(16)10(3)25-19(18)23/h6-7,9,12H,5,8,24H2,1-4H3. The fraction of sp³-hybridized carbons (Fsp3) is 0.400. The topological polar surface area (TPSA) is 70.1 Å². The van der Waals surface area contributed by atoms with Gasteiger partial charge < -0.3 is 15.0 Å². The summed E-state index contributed by atoms with van der Waals surface area (Å²) in [4.78, 5) is 17.5. The van der Waals surface area contributed by atoms with Crippen molar-refractivity contribution in [2.24, 2.45) is 18.7 Å². The van der Waals surface area contributed by atoms with Crippen molar-refractivity contribution < 1.29 is 9.13 Å². The van der Waals surface area contributed by atoms with E-state index in [2.05, 4.69) is 41.4 Å². The number of hydrogen-bond acceptors (Lipinski definition) is 4. The Morgan fingerprint density at radius 1 is 1.36 bits per heavy atom. The maximum atomic E-state index is 14.7. The smallest absolute Gasteiger partial charge is 0.260 e. The molecule has 0 fully saturated rings. The lowest BCUT2D eigenvalue weighted by Crippen LogP contribution is -2.29. The lowest BCUT2D eigenvalue weighted by atomic mass is 10.0. The zero-order valence-electron chi connectivity index (χ0n) is 16.1. The largest absolute Gasteiger partial charge is 0.489 e. The highest BCUT2D eigenvalue weighted by molar-refractivity contribution is 14.1. The van der Waals surface area contributed by atoms with E-state index in [-0.39, 0.29) is 28.7 Å². The van der Waals surface area contributed by atoms with E-state index in [9.17, 15) is 9.18 Å².